The molecule has 9 nitrogen and oxygen atoms in total. The van der Waals surface area contributed by atoms with Crippen LogP contribution in [0.1, 0.15) is 96.6 Å². The van der Waals surface area contributed by atoms with Gasteiger partial charge >= 0.3 is 252 Å². The number of anilines is 1. The Balaban J connectivity index is 1.79. The predicted molar refractivity (Wildman–Crippen MR) is 169 cm³/mol. The summed E-state index contributed by atoms with van der Waals surface area (Å²) in [6.45, 7) is 14.8. The Kier molecular flexibility index (Phi) is 11.4. The zero-order chi connectivity index (χ0) is 29.6. The van der Waals surface area contributed by atoms with Crippen molar-refractivity contribution >= 4 is 45.1 Å². The van der Waals surface area contributed by atoms with Gasteiger partial charge in [0.15, 0.2) is 0 Å². The molecule has 4 rings (SSSR count). The second-order valence-corrected chi connectivity index (χ2v) is 25.8. The van der Waals surface area contributed by atoms with E-state index < -0.39 is 24.0 Å². The Labute approximate surface area is 251 Å². The minimum absolute atomic E-state index is 0.0492. The van der Waals surface area contributed by atoms with Crippen molar-refractivity contribution in [2.45, 2.75) is 105 Å². The van der Waals surface area contributed by atoms with E-state index in [2.05, 4.69) is 25.7 Å². The van der Waals surface area contributed by atoms with Crippen LogP contribution < -0.4 is 8.74 Å². The molecule has 2 aliphatic rings. The first-order chi connectivity index (χ1) is 19.6. The SMILES string of the molecule is CCC[CH2][Sn]([CH2]CCC)([CH2]CCC)[c]1nc(N2CCOCC2)c2nc(C(=O)N3CCC(C(C)(C)O)CC3)n(C)c2n1. The second-order valence-electron chi connectivity index (χ2n) is 12.9. The van der Waals surface area contributed by atoms with Crippen molar-refractivity contribution < 1.29 is 14.6 Å². The molecular weight excluding hydrogens is 623 g/mol. The molecule has 1 N–H and O–H groups in total. The molecule has 41 heavy (non-hydrogen) atoms. The first kappa shape index (κ1) is 32.5. The standard InChI is InChI=1S/C19H27N6O3.3C4H9.Sn/c1-19(2,27)13-4-6-25(7-5-13)18(26)17-22-14-15(23(17)3)20-12-21-16(14)24-8-10-28-11-9-24;3*1-3-4-2;/h13,27H,4-11H2,1-3H3;3*1,3-4H2,2H3;. The first-order valence-electron chi connectivity index (χ1n) is 16.2. The summed E-state index contributed by atoms with van der Waals surface area (Å²) in [5.74, 6) is 1.49. The number of ether oxygens (including phenoxy) is 1. The summed E-state index contributed by atoms with van der Waals surface area (Å²) >= 11 is -2.96. The summed E-state index contributed by atoms with van der Waals surface area (Å²) in [5, 5.41) is 10.5. The number of likely N-dealkylation sites (tertiary alicyclic amines) is 1. The van der Waals surface area contributed by atoms with E-state index in [4.69, 9.17) is 19.7 Å². The van der Waals surface area contributed by atoms with E-state index in [0.29, 0.717) is 32.1 Å². The number of piperidine rings is 1. The van der Waals surface area contributed by atoms with Gasteiger partial charge in [-0.2, -0.15) is 0 Å². The molecular formula is C31H54N6O3Sn. The molecule has 2 saturated heterocycles. The Morgan fingerprint density at radius 2 is 1.49 bits per heavy atom. The van der Waals surface area contributed by atoms with E-state index in [9.17, 15) is 9.90 Å². The van der Waals surface area contributed by atoms with E-state index in [0.717, 1.165) is 46.8 Å². The number of hydrogen-bond donors (Lipinski definition) is 1. The second kappa shape index (κ2) is 14.3. The monoisotopic (exact) mass is 678 g/mol. The number of carbonyl (C=O) groups excluding carboxylic acids is 1. The number of nitrogens with zero attached hydrogens (tertiary/aromatic N) is 6. The van der Waals surface area contributed by atoms with Crippen molar-refractivity contribution in [3.05, 3.63) is 5.82 Å². The van der Waals surface area contributed by atoms with Crippen molar-refractivity contribution in [1.82, 2.24) is 24.4 Å². The van der Waals surface area contributed by atoms with Gasteiger partial charge in [0.05, 0.1) is 0 Å². The van der Waals surface area contributed by atoms with Crippen LogP contribution in [0.3, 0.4) is 0 Å². The predicted octanol–water partition coefficient (Wildman–Crippen LogP) is 4.88. The van der Waals surface area contributed by atoms with Gasteiger partial charge in [0.1, 0.15) is 0 Å². The molecule has 0 unspecified atom stereocenters. The number of fused-ring (bicyclic) bond motifs is 1. The quantitative estimate of drug-likeness (QED) is 0.302. The van der Waals surface area contributed by atoms with Crippen LogP contribution in [0, 0.1) is 5.92 Å². The number of unbranched alkanes of at least 4 members (excludes halogenated alkanes) is 3. The molecule has 0 aliphatic carbocycles. The van der Waals surface area contributed by atoms with E-state index in [-0.39, 0.29) is 11.8 Å². The van der Waals surface area contributed by atoms with Gasteiger partial charge in [-0.25, -0.2) is 0 Å². The Morgan fingerprint density at radius 3 is 2.00 bits per heavy atom. The Morgan fingerprint density at radius 1 is 0.927 bits per heavy atom. The molecule has 0 radical (unpaired) electrons. The molecule has 2 fully saturated rings. The molecule has 4 heterocycles. The van der Waals surface area contributed by atoms with Crippen LogP contribution in [0.25, 0.3) is 11.2 Å². The van der Waals surface area contributed by atoms with Gasteiger partial charge in [-0.3, -0.25) is 0 Å². The number of aliphatic hydroxyl groups is 1. The van der Waals surface area contributed by atoms with Gasteiger partial charge in [0.2, 0.25) is 0 Å². The molecule has 230 valence electrons. The fourth-order valence-corrected chi connectivity index (χ4v) is 21.5. The van der Waals surface area contributed by atoms with Crippen LogP contribution in [0.5, 0.6) is 0 Å². The fourth-order valence-electron chi connectivity index (χ4n) is 6.66. The fraction of sp³-hybridized carbons (Fsp3) is 0.806. The molecule has 0 atom stereocenters. The zero-order valence-corrected chi connectivity index (χ0v) is 29.4. The first-order valence-corrected chi connectivity index (χ1v) is 23.7. The van der Waals surface area contributed by atoms with Gasteiger partial charge in [0.25, 0.3) is 0 Å². The summed E-state index contributed by atoms with van der Waals surface area (Å²) < 4.78 is 12.6. The summed E-state index contributed by atoms with van der Waals surface area (Å²) in [6, 6.07) is 0. The summed E-state index contributed by atoms with van der Waals surface area (Å²) in [4.78, 5) is 33.9. The van der Waals surface area contributed by atoms with Gasteiger partial charge in [-0.05, 0) is 0 Å². The average molecular weight is 678 g/mol. The summed E-state index contributed by atoms with van der Waals surface area (Å²) in [5.41, 5.74) is 0.823. The number of carbonyl (C=O) groups is 1. The number of aromatic nitrogens is 4. The van der Waals surface area contributed by atoms with Crippen LogP contribution in [0.2, 0.25) is 13.3 Å². The third kappa shape index (κ3) is 7.37. The third-order valence-electron chi connectivity index (χ3n) is 9.48. The number of morpholine rings is 1. The molecule has 0 aromatic carbocycles. The zero-order valence-electron chi connectivity index (χ0n) is 26.5. The molecule has 10 heteroatoms. The van der Waals surface area contributed by atoms with Crippen molar-refractivity contribution in [2.24, 2.45) is 13.0 Å². The van der Waals surface area contributed by atoms with Crippen LogP contribution in [0.15, 0.2) is 0 Å². The number of aryl methyl sites for hydroxylation is 1. The van der Waals surface area contributed by atoms with Crippen LogP contribution >= 0.6 is 0 Å². The van der Waals surface area contributed by atoms with Crippen molar-refractivity contribution in [3.8, 4) is 0 Å². The summed E-state index contributed by atoms with van der Waals surface area (Å²) in [6.07, 6.45) is 8.92. The molecule has 2 aliphatic heterocycles. The van der Waals surface area contributed by atoms with E-state index in [1.165, 1.54) is 51.8 Å². The van der Waals surface area contributed by atoms with Crippen LogP contribution in [0.4, 0.5) is 5.82 Å². The maximum absolute atomic E-state index is 13.9. The average Bonchev–Trinajstić information content (AvgIpc) is 3.32. The number of hydrogen-bond acceptors (Lipinski definition) is 7. The number of imidazole rings is 1. The third-order valence-corrected chi connectivity index (χ3v) is 24.1. The normalized spacial score (nSPS) is 17.5. The van der Waals surface area contributed by atoms with Gasteiger partial charge in [0, 0.05) is 0 Å². The number of amides is 1. The molecule has 2 aromatic rings. The van der Waals surface area contributed by atoms with Crippen molar-refractivity contribution in [2.75, 3.05) is 44.3 Å². The van der Waals surface area contributed by atoms with E-state index >= 15 is 0 Å². The number of rotatable bonds is 13. The van der Waals surface area contributed by atoms with Gasteiger partial charge in [-0.1, -0.05) is 0 Å². The molecule has 1 amide bonds. The van der Waals surface area contributed by atoms with Gasteiger partial charge < -0.3 is 0 Å². The van der Waals surface area contributed by atoms with Gasteiger partial charge in [-0.15, -0.1) is 0 Å². The van der Waals surface area contributed by atoms with E-state index in [1.54, 1.807) is 0 Å². The van der Waals surface area contributed by atoms with E-state index in [1.807, 2.05) is 30.4 Å². The van der Waals surface area contributed by atoms with Crippen LogP contribution in [-0.2, 0) is 11.8 Å². The Bertz CT molecular complexity index is 1130. The summed E-state index contributed by atoms with van der Waals surface area (Å²) in [7, 11) is 1.95. The maximum atomic E-state index is 13.9. The van der Waals surface area contributed by atoms with Crippen LogP contribution in [-0.4, -0.2) is 98.8 Å². The Hall–Kier alpha value is -1.46. The van der Waals surface area contributed by atoms with Crippen molar-refractivity contribution in [3.63, 3.8) is 0 Å². The van der Waals surface area contributed by atoms with Crippen molar-refractivity contribution in [1.29, 1.82) is 0 Å². The molecule has 0 spiro atoms. The molecule has 2 aromatic heterocycles. The molecule has 0 bridgehead atoms. The minimum atomic E-state index is -2.96. The molecule has 0 saturated carbocycles. The topological polar surface area (TPSA) is 96.6 Å².